The molecule has 0 radical (unpaired) electrons. The van der Waals surface area contributed by atoms with E-state index in [0.717, 1.165) is 12.8 Å². The Morgan fingerprint density at radius 3 is 2.11 bits per heavy atom. The molecule has 1 atom stereocenters. The van der Waals surface area contributed by atoms with Gasteiger partial charge in [-0.05, 0) is 50.6 Å². The van der Waals surface area contributed by atoms with Crippen LogP contribution in [-0.2, 0) is 10.3 Å². The van der Waals surface area contributed by atoms with Gasteiger partial charge in [0, 0.05) is 6.07 Å². The molecule has 0 bridgehead atoms. The van der Waals surface area contributed by atoms with Crippen molar-refractivity contribution >= 4 is 5.97 Å². The first kappa shape index (κ1) is 12.7. The summed E-state index contributed by atoms with van der Waals surface area (Å²) < 4.78 is 0. The fraction of sp³-hybridized carbons (Fsp3) is 0.462. The second kappa shape index (κ2) is 4.49. The van der Waals surface area contributed by atoms with Gasteiger partial charge in [0.05, 0.1) is 0 Å². The SMILES string of the molecule is CC(C(=O)O)(c1cc(O)cc(O)c1)N1CCCC1. The molecule has 1 heterocycles. The van der Waals surface area contributed by atoms with Gasteiger partial charge in [0.15, 0.2) is 0 Å². The highest BCUT2D eigenvalue weighted by Crippen LogP contribution is 2.35. The summed E-state index contributed by atoms with van der Waals surface area (Å²) in [7, 11) is 0. The minimum Gasteiger partial charge on any atom is -0.508 e. The minimum atomic E-state index is -1.22. The van der Waals surface area contributed by atoms with Crippen LogP contribution in [0.15, 0.2) is 18.2 Å². The third kappa shape index (κ3) is 2.01. The summed E-state index contributed by atoms with van der Waals surface area (Å²) in [5.74, 6) is -1.23. The topological polar surface area (TPSA) is 81.0 Å². The van der Waals surface area contributed by atoms with Crippen molar-refractivity contribution in [1.29, 1.82) is 0 Å². The molecule has 0 spiro atoms. The molecule has 1 saturated heterocycles. The molecule has 2 rings (SSSR count). The van der Waals surface area contributed by atoms with Crippen molar-refractivity contribution in [2.24, 2.45) is 0 Å². The van der Waals surface area contributed by atoms with E-state index in [1.54, 1.807) is 6.92 Å². The standard InChI is InChI=1S/C13H17NO4/c1-13(12(17)18,14-4-2-3-5-14)9-6-10(15)8-11(16)7-9/h6-8,15-16H,2-5H2,1H3,(H,17,18). The van der Waals surface area contributed by atoms with Crippen LogP contribution in [0, 0.1) is 0 Å². The Bertz CT molecular complexity index is 448. The van der Waals surface area contributed by atoms with Gasteiger partial charge >= 0.3 is 5.97 Å². The third-order valence-corrected chi connectivity index (χ3v) is 3.62. The number of hydrogen-bond donors (Lipinski definition) is 3. The van der Waals surface area contributed by atoms with Crippen LogP contribution < -0.4 is 0 Å². The number of phenolic OH excluding ortho intramolecular Hbond substituents is 2. The van der Waals surface area contributed by atoms with Crippen LogP contribution in [0.5, 0.6) is 11.5 Å². The lowest BCUT2D eigenvalue weighted by molar-refractivity contribution is -0.150. The van der Waals surface area contributed by atoms with E-state index in [4.69, 9.17) is 0 Å². The normalized spacial score (nSPS) is 19.6. The molecular formula is C13H17NO4. The number of aromatic hydroxyl groups is 2. The number of hydrogen-bond acceptors (Lipinski definition) is 4. The zero-order valence-electron chi connectivity index (χ0n) is 10.3. The maximum atomic E-state index is 11.6. The first-order valence-electron chi connectivity index (χ1n) is 5.96. The van der Waals surface area contributed by atoms with Crippen molar-refractivity contribution in [3.63, 3.8) is 0 Å². The van der Waals surface area contributed by atoms with Gasteiger partial charge in [-0.15, -0.1) is 0 Å². The van der Waals surface area contributed by atoms with Gasteiger partial charge in [-0.2, -0.15) is 0 Å². The summed E-state index contributed by atoms with van der Waals surface area (Å²) in [6.07, 6.45) is 1.93. The van der Waals surface area contributed by atoms with Crippen LogP contribution in [-0.4, -0.2) is 39.3 Å². The maximum absolute atomic E-state index is 11.6. The third-order valence-electron chi connectivity index (χ3n) is 3.62. The van der Waals surface area contributed by atoms with Crippen LogP contribution in [0.2, 0.25) is 0 Å². The Kier molecular flexibility index (Phi) is 3.17. The highest BCUT2D eigenvalue weighted by atomic mass is 16.4. The number of nitrogens with zero attached hydrogens (tertiary/aromatic N) is 1. The van der Waals surface area contributed by atoms with E-state index in [2.05, 4.69) is 0 Å². The van der Waals surface area contributed by atoms with Crippen LogP contribution in [0.4, 0.5) is 0 Å². The molecule has 1 aromatic rings. The van der Waals surface area contributed by atoms with Gasteiger partial charge in [0.2, 0.25) is 0 Å². The second-order valence-corrected chi connectivity index (χ2v) is 4.81. The molecule has 3 N–H and O–H groups in total. The largest absolute Gasteiger partial charge is 0.508 e. The molecular weight excluding hydrogens is 234 g/mol. The Labute approximate surface area is 105 Å². The molecule has 0 aliphatic carbocycles. The van der Waals surface area contributed by atoms with Crippen molar-refractivity contribution in [3.05, 3.63) is 23.8 Å². The van der Waals surface area contributed by atoms with Crippen molar-refractivity contribution in [3.8, 4) is 11.5 Å². The average molecular weight is 251 g/mol. The lowest BCUT2D eigenvalue weighted by Crippen LogP contribution is -2.48. The highest BCUT2D eigenvalue weighted by molar-refractivity contribution is 5.80. The van der Waals surface area contributed by atoms with Gasteiger partial charge in [-0.25, -0.2) is 4.79 Å². The molecule has 0 saturated carbocycles. The van der Waals surface area contributed by atoms with Crippen LogP contribution >= 0.6 is 0 Å². The van der Waals surface area contributed by atoms with E-state index in [9.17, 15) is 20.1 Å². The summed E-state index contributed by atoms with van der Waals surface area (Å²) >= 11 is 0. The number of carbonyl (C=O) groups is 1. The van der Waals surface area contributed by atoms with Crippen molar-refractivity contribution in [1.82, 2.24) is 4.90 Å². The number of benzene rings is 1. The summed E-state index contributed by atoms with van der Waals surface area (Å²) in [5, 5.41) is 28.5. The first-order valence-corrected chi connectivity index (χ1v) is 5.96. The summed E-state index contributed by atoms with van der Waals surface area (Å²) in [6.45, 7) is 3.02. The quantitative estimate of drug-likeness (QED) is 0.758. The minimum absolute atomic E-state index is 0.128. The van der Waals surface area contributed by atoms with Crippen LogP contribution in [0.1, 0.15) is 25.3 Å². The summed E-state index contributed by atoms with van der Waals surface area (Å²) in [4.78, 5) is 13.5. The number of carboxylic acid groups (broad SMARTS) is 1. The first-order chi connectivity index (χ1) is 8.44. The van der Waals surface area contributed by atoms with E-state index >= 15 is 0 Å². The maximum Gasteiger partial charge on any atom is 0.328 e. The fourth-order valence-corrected chi connectivity index (χ4v) is 2.48. The zero-order valence-corrected chi connectivity index (χ0v) is 10.3. The molecule has 18 heavy (non-hydrogen) atoms. The molecule has 1 aliphatic rings. The predicted molar refractivity (Wildman–Crippen MR) is 65.6 cm³/mol. The number of likely N-dealkylation sites (tertiary alicyclic amines) is 1. The monoisotopic (exact) mass is 251 g/mol. The molecule has 5 heteroatoms. The van der Waals surface area contributed by atoms with Crippen LogP contribution in [0.25, 0.3) is 0 Å². The van der Waals surface area contributed by atoms with Gasteiger partial charge < -0.3 is 15.3 Å². The Morgan fingerprint density at radius 2 is 1.67 bits per heavy atom. The van der Waals surface area contributed by atoms with E-state index in [0.29, 0.717) is 18.7 Å². The summed E-state index contributed by atoms with van der Waals surface area (Å²) in [5.41, 5.74) is -0.818. The Balaban J connectivity index is 2.49. The Hall–Kier alpha value is -1.75. The lowest BCUT2D eigenvalue weighted by Gasteiger charge is -2.35. The van der Waals surface area contributed by atoms with Crippen molar-refractivity contribution in [2.45, 2.75) is 25.3 Å². The number of aliphatic carboxylic acids is 1. The van der Waals surface area contributed by atoms with E-state index in [1.165, 1.54) is 18.2 Å². The molecule has 98 valence electrons. The number of carboxylic acids is 1. The molecule has 1 unspecified atom stereocenters. The molecule has 0 amide bonds. The van der Waals surface area contributed by atoms with Gasteiger partial charge in [-0.1, -0.05) is 0 Å². The summed E-state index contributed by atoms with van der Waals surface area (Å²) in [6, 6.07) is 3.98. The second-order valence-electron chi connectivity index (χ2n) is 4.81. The highest BCUT2D eigenvalue weighted by Gasteiger charge is 2.42. The van der Waals surface area contributed by atoms with Gasteiger partial charge in [-0.3, -0.25) is 4.90 Å². The van der Waals surface area contributed by atoms with E-state index in [-0.39, 0.29) is 11.5 Å². The van der Waals surface area contributed by atoms with Crippen molar-refractivity contribution in [2.75, 3.05) is 13.1 Å². The molecule has 1 aliphatic heterocycles. The van der Waals surface area contributed by atoms with Crippen LogP contribution in [0.3, 0.4) is 0 Å². The number of rotatable bonds is 3. The van der Waals surface area contributed by atoms with Crippen molar-refractivity contribution < 1.29 is 20.1 Å². The molecule has 5 nitrogen and oxygen atoms in total. The van der Waals surface area contributed by atoms with E-state index < -0.39 is 11.5 Å². The fourth-order valence-electron chi connectivity index (χ4n) is 2.48. The predicted octanol–water partition coefficient (Wildman–Crippen LogP) is 1.49. The number of phenols is 2. The molecule has 1 fully saturated rings. The average Bonchev–Trinajstić information content (AvgIpc) is 2.79. The smallest absolute Gasteiger partial charge is 0.328 e. The lowest BCUT2D eigenvalue weighted by atomic mass is 9.90. The Morgan fingerprint density at radius 1 is 1.17 bits per heavy atom. The molecule has 0 aromatic heterocycles. The zero-order chi connectivity index (χ0) is 13.3. The van der Waals surface area contributed by atoms with Gasteiger partial charge in [0.1, 0.15) is 17.0 Å². The van der Waals surface area contributed by atoms with Gasteiger partial charge in [0.25, 0.3) is 0 Å². The van der Waals surface area contributed by atoms with E-state index in [1.807, 2.05) is 4.90 Å². The molecule has 1 aromatic carbocycles.